The first-order chi connectivity index (χ1) is 9.51. The van der Waals surface area contributed by atoms with E-state index in [1.807, 2.05) is 28.2 Å². The second-order valence-corrected chi connectivity index (χ2v) is 6.26. The second-order valence-electron chi connectivity index (χ2n) is 6.26. The molecule has 0 radical (unpaired) electrons. The molecule has 0 N–H and O–H groups in total. The molecule has 1 aliphatic carbocycles. The van der Waals surface area contributed by atoms with Gasteiger partial charge in [-0.2, -0.15) is 0 Å². The summed E-state index contributed by atoms with van der Waals surface area (Å²) < 4.78 is 11.5. The SMILES string of the molecule is CCO[C@@H]1C[C@H](N=C(N(C)C)N(C)C)C12CCOCC2. The Morgan fingerprint density at radius 2 is 1.80 bits per heavy atom. The third kappa shape index (κ3) is 2.79. The van der Waals surface area contributed by atoms with Crippen molar-refractivity contribution in [3.63, 3.8) is 0 Å². The summed E-state index contributed by atoms with van der Waals surface area (Å²) in [4.78, 5) is 9.19. The number of guanidine groups is 1. The quantitative estimate of drug-likeness (QED) is 0.580. The molecule has 2 rings (SSSR count). The first kappa shape index (κ1) is 15.6. The Balaban J connectivity index is 2.17. The van der Waals surface area contributed by atoms with E-state index in [0.717, 1.165) is 45.0 Å². The minimum absolute atomic E-state index is 0.200. The average molecular weight is 283 g/mol. The lowest BCUT2D eigenvalue weighted by molar-refractivity contribution is -0.163. The predicted octanol–water partition coefficient (Wildman–Crippen LogP) is 1.44. The maximum absolute atomic E-state index is 5.95. The number of hydrogen-bond donors (Lipinski definition) is 0. The van der Waals surface area contributed by atoms with Crippen molar-refractivity contribution >= 4 is 5.96 Å². The van der Waals surface area contributed by atoms with Gasteiger partial charge in [0.25, 0.3) is 0 Å². The van der Waals surface area contributed by atoms with E-state index in [0.29, 0.717) is 12.1 Å². The molecule has 1 saturated heterocycles. The molecule has 5 heteroatoms. The summed E-state index contributed by atoms with van der Waals surface area (Å²) in [5.74, 6) is 1.04. The third-order valence-corrected chi connectivity index (χ3v) is 4.61. The third-order valence-electron chi connectivity index (χ3n) is 4.61. The minimum atomic E-state index is 0.200. The van der Waals surface area contributed by atoms with E-state index in [4.69, 9.17) is 14.5 Å². The van der Waals surface area contributed by atoms with Gasteiger partial charge in [-0.25, -0.2) is 4.99 Å². The number of hydrogen-bond acceptors (Lipinski definition) is 3. The van der Waals surface area contributed by atoms with Crippen molar-refractivity contribution in [2.45, 2.75) is 38.3 Å². The van der Waals surface area contributed by atoms with Crippen LogP contribution in [-0.4, -0.2) is 75.9 Å². The summed E-state index contributed by atoms with van der Waals surface area (Å²) in [7, 11) is 8.20. The zero-order chi connectivity index (χ0) is 14.8. The van der Waals surface area contributed by atoms with E-state index in [9.17, 15) is 0 Å². The van der Waals surface area contributed by atoms with Crippen molar-refractivity contribution in [2.24, 2.45) is 10.4 Å². The largest absolute Gasteiger partial charge is 0.381 e. The molecule has 0 amide bonds. The maximum atomic E-state index is 5.95. The van der Waals surface area contributed by atoms with E-state index in [-0.39, 0.29) is 5.41 Å². The van der Waals surface area contributed by atoms with Gasteiger partial charge in [-0.3, -0.25) is 0 Å². The molecule has 1 saturated carbocycles. The lowest BCUT2D eigenvalue weighted by Crippen LogP contribution is -2.60. The van der Waals surface area contributed by atoms with Crippen LogP contribution in [0, 0.1) is 5.41 Å². The summed E-state index contributed by atoms with van der Waals surface area (Å²) in [5, 5.41) is 0. The summed E-state index contributed by atoms with van der Waals surface area (Å²) >= 11 is 0. The lowest BCUT2D eigenvalue weighted by Gasteiger charge is -2.55. The van der Waals surface area contributed by atoms with Crippen molar-refractivity contribution in [1.29, 1.82) is 0 Å². The second kappa shape index (κ2) is 6.31. The van der Waals surface area contributed by atoms with E-state index in [2.05, 4.69) is 16.7 Å². The highest BCUT2D eigenvalue weighted by Crippen LogP contribution is 2.52. The molecule has 2 fully saturated rings. The molecule has 0 aromatic carbocycles. The van der Waals surface area contributed by atoms with Crippen molar-refractivity contribution < 1.29 is 9.47 Å². The van der Waals surface area contributed by atoms with Crippen molar-refractivity contribution in [1.82, 2.24) is 9.80 Å². The molecular formula is C15H29N3O2. The fraction of sp³-hybridized carbons (Fsp3) is 0.933. The van der Waals surface area contributed by atoms with E-state index < -0.39 is 0 Å². The highest BCUT2D eigenvalue weighted by Gasteiger charge is 2.56. The maximum Gasteiger partial charge on any atom is 0.195 e. The van der Waals surface area contributed by atoms with Gasteiger partial charge < -0.3 is 19.3 Å². The fourth-order valence-corrected chi connectivity index (χ4v) is 3.52. The van der Waals surface area contributed by atoms with Crippen LogP contribution in [0.2, 0.25) is 0 Å². The van der Waals surface area contributed by atoms with Crippen molar-refractivity contribution in [2.75, 3.05) is 48.0 Å². The highest BCUT2D eigenvalue weighted by atomic mass is 16.5. The lowest BCUT2D eigenvalue weighted by atomic mass is 9.58. The predicted molar refractivity (Wildman–Crippen MR) is 81.1 cm³/mol. The summed E-state index contributed by atoms with van der Waals surface area (Å²) in [6.07, 6.45) is 3.54. The molecule has 0 unspecified atom stereocenters. The summed E-state index contributed by atoms with van der Waals surface area (Å²) in [6, 6.07) is 0.364. The van der Waals surface area contributed by atoms with Crippen LogP contribution < -0.4 is 0 Å². The Bertz CT molecular complexity index is 339. The van der Waals surface area contributed by atoms with Crippen LogP contribution in [-0.2, 0) is 9.47 Å². The van der Waals surface area contributed by atoms with Gasteiger partial charge in [-0.15, -0.1) is 0 Å². The standard InChI is InChI=1S/C15H29N3O2/c1-6-20-13-11-12(15(13)7-9-19-10-8-15)16-14(17(2)3)18(4)5/h12-13H,6-11H2,1-5H3/t12-,13+/m0/s1. The van der Waals surface area contributed by atoms with Gasteiger partial charge in [-0.05, 0) is 26.2 Å². The molecular weight excluding hydrogens is 254 g/mol. The number of rotatable bonds is 3. The topological polar surface area (TPSA) is 37.3 Å². The molecule has 0 aromatic heterocycles. The molecule has 1 spiro atoms. The number of nitrogens with zero attached hydrogens (tertiary/aromatic N) is 3. The molecule has 0 bridgehead atoms. The van der Waals surface area contributed by atoms with Gasteiger partial charge in [0.1, 0.15) is 0 Å². The van der Waals surface area contributed by atoms with Gasteiger partial charge in [0.05, 0.1) is 12.1 Å². The minimum Gasteiger partial charge on any atom is -0.381 e. The molecule has 1 aliphatic heterocycles. The highest BCUT2D eigenvalue weighted by molar-refractivity contribution is 5.79. The van der Waals surface area contributed by atoms with Gasteiger partial charge in [0, 0.05) is 53.4 Å². The van der Waals surface area contributed by atoms with E-state index >= 15 is 0 Å². The first-order valence-electron chi connectivity index (χ1n) is 7.63. The first-order valence-corrected chi connectivity index (χ1v) is 7.63. The summed E-state index contributed by atoms with van der Waals surface area (Å²) in [6.45, 7) is 4.55. The van der Waals surface area contributed by atoms with Crippen LogP contribution in [0.3, 0.4) is 0 Å². The summed E-state index contributed by atoms with van der Waals surface area (Å²) in [5.41, 5.74) is 0.200. The van der Waals surface area contributed by atoms with Crippen molar-refractivity contribution in [3.8, 4) is 0 Å². The van der Waals surface area contributed by atoms with E-state index in [1.165, 1.54) is 0 Å². The molecule has 20 heavy (non-hydrogen) atoms. The molecule has 1 heterocycles. The number of ether oxygens (including phenoxy) is 2. The molecule has 5 nitrogen and oxygen atoms in total. The molecule has 2 aliphatic rings. The fourth-order valence-electron chi connectivity index (χ4n) is 3.52. The molecule has 116 valence electrons. The van der Waals surface area contributed by atoms with Crippen LogP contribution in [0.15, 0.2) is 4.99 Å². The van der Waals surface area contributed by atoms with Crippen LogP contribution in [0.25, 0.3) is 0 Å². The Morgan fingerprint density at radius 3 is 2.30 bits per heavy atom. The van der Waals surface area contributed by atoms with Gasteiger partial charge in [-0.1, -0.05) is 0 Å². The zero-order valence-electron chi connectivity index (χ0n) is 13.6. The monoisotopic (exact) mass is 283 g/mol. The Hall–Kier alpha value is -0.810. The average Bonchev–Trinajstić information content (AvgIpc) is 2.42. The van der Waals surface area contributed by atoms with Gasteiger partial charge in [0.15, 0.2) is 5.96 Å². The molecule has 0 aromatic rings. The molecule has 2 atom stereocenters. The van der Waals surface area contributed by atoms with Crippen LogP contribution in [0.1, 0.15) is 26.2 Å². The smallest absolute Gasteiger partial charge is 0.195 e. The van der Waals surface area contributed by atoms with E-state index in [1.54, 1.807) is 0 Å². The van der Waals surface area contributed by atoms with Crippen LogP contribution >= 0.6 is 0 Å². The van der Waals surface area contributed by atoms with Gasteiger partial charge >= 0.3 is 0 Å². The Morgan fingerprint density at radius 1 is 1.20 bits per heavy atom. The van der Waals surface area contributed by atoms with Crippen LogP contribution in [0.4, 0.5) is 0 Å². The normalized spacial score (nSPS) is 27.9. The number of aliphatic imine (C=N–C) groups is 1. The van der Waals surface area contributed by atoms with Crippen molar-refractivity contribution in [3.05, 3.63) is 0 Å². The Kier molecular flexibility index (Phi) is 4.91. The van der Waals surface area contributed by atoms with Crippen LogP contribution in [0.5, 0.6) is 0 Å². The van der Waals surface area contributed by atoms with Gasteiger partial charge in [0.2, 0.25) is 0 Å². The zero-order valence-corrected chi connectivity index (χ0v) is 13.6. The Labute approximate surface area is 122 Å².